The van der Waals surface area contributed by atoms with E-state index in [4.69, 9.17) is 4.74 Å². The summed E-state index contributed by atoms with van der Waals surface area (Å²) in [7, 11) is 0. The molecule has 0 atom stereocenters. The summed E-state index contributed by atoms with van der Waals surface area (Å²) >= 11 is 0. The Bertz CT molecular complexity index is 282. The van der Waals surface area contributed by atoms with Crippen molar-refractivity contribution in [2.24, 2.45) is 0 Å². The average Bonchev–Trinajstić information content (AvgIpc) is 3.41. The molecule has 0 N–H and O–H groups in total. The number of unbranched alkanes of at least 4 members (excludes halogenated alkanes) is 18. The van der Waals surface area contributed by atoms with Gasteiger partial charge in [0, 0.05) is 6.42 Å². The van der Waals surface area contributed by atoms with Crippen molar-refractivity contribution < 1.29 is 4.74 Å². The molecule has 1 heterocycles. The van der Waals surface area contributed by atoms with E-state index < -0.39 is 0 Å². The van der Waals surface area contributed by atoms with Crippen LogP contribution in [0.3, 0.4) is 0 Å². The lowest BCUT2D eigenvalue weighted by Gasteiger charge is -2.03. The van der Waals surface area contributed by atoms with Gasteiger partial charge >= 0.3 is 0 Å². The molecule has 0 fully saturated rings. The van der Waals surface area contributed by atoms with E-state index in [1.807, 2.05) is 6.26 Å². The standard InChI is InChI=1S/C23H44O/c1-2-3-4-5-6-7-8-9-10-11-12-13-14-15-16-17-18-19-20-21-23-22-24-23/h22H,2-21H2,1H3. The van der Waals surface area contributed by atoms with Crippen molar-refractivity contribution in [1.82, 2.24) is 0 Å². The van der Waals surface area contributed by atoms with Crippen LogP contribution in [0, 0.1) is 0 Å². The van der Waals surface area contributed by atoms with Gasteiger partial charge in [-0.1, -0.05) is 122 Å². The highest BCUT2D eigenvalue weighted by Crippen LogP contribution is 2.21. The van der Waals surface area contributed by atoms with E-state index in [0.717, 1.165) is 0 Å². The van der Waals surface area contributed by atoms with Crippen LogP contribution in [0.25, 0.3) is 0 Å². The van der Waals surface area contributed by atoms with Gasteiger partial charge in [-0.25, -0.2) is 0 Å². The molecular formula is C23H44O. The fourth-order valence-electron chi connectivity index (χ4n) is 3.54. The van der Waals surface area contributed by atoms with E-state index in [2.05, 4.69) is 6.92 Å². The molecule has 142 valence electrons. The molecule has 24 heavy (non-hydrogen) atoms. The van der Waals surface area contributed by atoms with Crippen LogP contribution in [0.4, 0.5) is 0 Å². The van der Waals surface area contributed by atoms with Crippen LogP contribution in [0.15, 0.2) is 12.0 Å². The molecule has 1 heteroatoms. The Kier molecular flexibility index (Phi) is 15.6. The van der Waals surface area contributed by atoms with Gasteiger partial charge in [-0.05, 0) is 6.42 Å². The SMILES string of the molecule is CCCCCCCCCCCCCCCCCCCCCC1=CO1. The van der Waals surface area contributed by atoms with Gasteiger partial charge in [0.15, 0.2) is 0 Å². The summed E-state index contributed by atoms with van der Waals surface area (Å²) in [6.07, 6.45) is 30.6. The monoisotopic (exact) mass is 336 g/mol. The molecule has 1 aliphatic rings. The molecule has 0 aliphatic carbocycles. The van der Waals surface area contributed by atoms with Crippen LogP contribution in [0.5, 0.6) is 0 Å². The molecule has 1 rings (SSSR count). The molecule has 0 bridgehead atoms. The second kappa shape index (κ2) is 17.4. The van der Waals surface area contributed by atoms with E-state index in [1.54, 1.807) is 0 Å². The zero-order valence-corrected chi connectivity index (χ0v) is 16.6. The van der Waals surface area contributed by atoms with Crippen LogP contribution >= 0.6 is 0 Å². The van der Waals surface area contributed by atoms with E-state index in [1.165, 1.54) is 134 Å². The summed E-state index contributed by atoms with van der Waals surface area (Å²) in [5.41, 5.74) is 0. The van der Waals surface area contributed by atoms with Gasteiger partial charge in [-0.2, -0.15) is 0 Å². The molecule has 1 aliphatic heterocycles. The quantitative estimate of drug-likeness (QED) is 0.202. The van der Waals surface area contributed by atoms with Crippen molar-refractivity contribution >= 4 is 0 Å². The van der Waals surface area contributed by atoms with Gasteiger partial charge in [-0.3, -0.25) is 0 Å². The van der Waals surface area contributed by atoms with E-state index in [0.29, 0.717) is 0 Å². The molecule has 0 saturated heterocycles. The number of rotatable bonds is 20. The smallest absolute Gasteiger partial charge is 0.138 e. The molecule has 1 nitrogen and oxygen atoms in total. The molecule has 0 aromatic heterocycles. The maximum atomic E-state index is 5.04. The summed E-state index contributed by atoms with van der Waals surface area (Å²) in [6.45, 7) is 2.30. The Balaban J connectivity index is 1.60. The van der Waals surface area contributed by atoms with Crippen LogP contribution in [0.2, 0.25) is 0 Å². The topological polar surface area (TPSA) is 12.5 Å². The van der Waals surface area contributed by atoms with Gasteiger partial charge in [-0.15, -0.1) is 0 Å². The second-order valence-corrected chi connectivity index (χ2v) is 7.82. The lowest BCUT2D eigenvalue weighted by atomic mass is 10.0. The largest absolute Gasteiger partial charge is 0.463 e. The molecular weight excluding hydrogens is 292 g/mol. The summed E-state index contributed by atoms with van der Waals surface area (Å²) in [5.74, 6) is 1.22. The number of ether oxygens (including phenoxy) is 1. The second-order valence-electron chi connectivity index (χ2n) is 7.82. The van der Waals surface area contributed by atoms with Gasteiger partial charge < -0.3 is 4.74 Å². The fourth-order valence-corrected chi connectivity index (χ4v) is 3.54. The molecule has 0 spiro atoms. The molecule has 0 amide bonds. The Morgan fingerprint density at radius 3 is 1.08 bits per heavy atom. The van der Waals surface area contributed by atoms with E-state index in [9.17, 15) is 0 Å². The van der Waals surface area contributed by atoms with Crippen molar-refractivity contribution in [3.05, 3.63) is 12.0 Å². The highest BCUT2D eigenvalue weighted by Gasteiger charge is 2.07. The zero-order chi connectivity index (χ0) is 17.1. The Labute approximate surface area is 152 Å². The van der Waals surface area contributed by atoms with Crippen molar-refractivity contribution in [2.45, 2.75) is 135 Å². The first kappa shape index (κ1) is 21.6. The van der Waals surface area contributed by atoms with Crippen molar-refractivity contribution in [1.29, 1.82) is 0 Å². The number of hydrogen-bond donors (Lipinski definition) is 0. The third kappa shape index (κ3) is 16.4. The van der Waals surface area contributed by atoms with Gasteiger partial charge in [0.2, 0.25) is 0 Å². The van der Waals surface area contributed by atoms with Crippen LogP contribution in [-0.2, 0) is 4.74 Å². The maximum Gasteiger partial charge on any atom is 0.138 e. The lowest BCUT2D eigenvalue weighted by Crippen LogP contribution is -1.84. The highest BCUT2D eigenvalue weighted by molar-refractivity contribution is 5.01. The van der Waals surface area contributed by atoms with Gasteiger partial charge in [0.25, 0.3) is 0 Å². The van der Waals surface area contributed by atoms with Crippen LogP contribution in [0.1, 0.15) is 135 Å². The van der Waals surface area contributed by atoms with E-state index in [-0.39, 0.29) is 0 Å². The normalized spacial score (nSPS) is 13.0. The molecule has 0 aromatic carbocycles. The van der Waals surface area contributed by atoms with Crippen molar-refractivity contribution in [3.8, 4) is 0 Å². The Hall–Kier alpha value is -0.460. The summed E-state index contributed by atoms with van der Waals surface area (Å²) in [5, 5.41) is 0. The minimum Gasteiger partial charge on any atom is -0.463 e. The van der Waals surface area contributed by atoms with Crippen LogP contribution in [-0.4, -0.2) is 0 Å². The van der Waals surface area contributed by atoms with Crippen molar-refractivity contribution in [2.75, 3.05) is 0 Å². The minimum atomic E-state index is 1.18. The van der Waals surface area contributed by atoms with Gasteiger partial charge in [0.1, 0.15) is 12.0 Å². The van der Waals surface area contributed by atoms with Gasteiger partial charge in [0.05, 0.1) is 0 Å². The zero-order valence-electron chi connectivity index (χ0n) is 16.6. The number of hydrogen-bond acceptors (Lipinski definition) is 1. The predicted molar refractivity (Wildman–Crippen MR) is 107 cm³/mol. The number of allylic oxidation sites excluding steroid dienone is 1. The minimum absolute atomic E-state index is 1.18. The summed E-state index contributed by atoms with van der Waals surface area (Å²) in [4.78, 5) is 0. The molecule has 0 unspecified atom stereocenters. The Morgan fingerprint density at radius 2 is 0.792 bits per heavy atom. The maximum absolute atomic E-state index is 5.04. The van der Waals surface area contributed by atoms with Crippen LogP contribution < -0.4 is 0 Å². The molecule has 0 radical (unpaired) electrons. The third-order valence-electron chi connectivity index (χ3n) is 5.31. The first-order valence-corrected chi connectivity index (χ1v) is 11.3. The predicted octanol–water partition coefficient (Wildman–Crippen LogP) is 8.68. The lowest BCUT2D eigenvalue weighted by molar-refractivity contribution is 0.469. The average molecular weight is 337 g/mol. The van der Waals surface area contributed by atoms with E-state index >= 15 is 0 Å². The summed E-state index contributed by atoms with van der Waals surface area (Å²) in [6, 6.07) is 0. The first-order valence-electron chi connectivity index (χ1n) is 11.3. The Morgan fingerprint density at radius 1 is 0.500 bits per heavy atom. The molecule has 0 aromatic rings. The summed E-state index contributed by atoms with van der Waals surface area (Å²) < 4.78 is 5.04. The molecule has 0 saturated carbocycles. The first-order chi connectivity index (χ1) is 11.9. The highest BCUT2D eigenvalue weighted by atomic mass is 16.5. The van der Waals surface area contributed by atoms with Crippen molar-refractivity contribution in [3.63, 3.8) is 0 Å². The fraction of sp³-hybridized carbons (Fsp3) is 0.913. The third-order valence-corrected chi connectivity index (χ3v) is 5.31.